The van der Waals surface area contributed by atoms with Crippen molar-refractivity contribution in [2.75, 3.05) is 5.73 Å². The number of aryl methyl sites for hydroxylation is 1. The molecule has 0 saturated heterocycles. The van der Waals surface area contributed by atoms with Gasteiger partial charge in [-0.2, -0.15) is 0 Å². The number of hydrogen-bond acceptors (Lipinski definition) is 5. The number of anilines is 1. The zero-order valence-electron chi connectivity index (χ0n) is 11.1. The fourth-order valence-corrected chi connectivity index (χ4v) is 3.10. The number of furan rings is 1. The smallest absolute Gasteiger partial charge is 0.240 e. The molecule has 1 unspecified atom stereocenters. The molecule has 2 aromatic rings. The first kappa shape index (κ1) is 14.5. The van der Waals surface area contributed by atoms with Crippen LogP contribution in [0.1, 0.15) is 19.1 Å². The molecule has 20 heavy (non-hydrogen) atoms. The molecule has 0 aromatic carbocycles. The quantitative estimate of drug-likeness (QED) is 0.842. The van der Waals surface area contributed by atoms with Gasteiger partial charge in [-0.3, -0.25) is 0 Å². The van der Waals surface area contributed by atoms with Crippen molar-refractivity contribution in [1.29, 1.82) is 0 Å². The van der Waals surface area contributed by atoms with Gasteiger partial charge in [-0.25, -0.2) is 18.1 Å². The number of nitrogens with two attached hydrogens (primary N) is 1. The van der Waals surface area contributed by atoms with Crippen molar-refractivity contribution in [2.24, 2.45) is 0 Å². The minimum atomic E-state index is -3.57. The summed E-state index contributed by atoms with van der Waals surface area (Å²) in [5, 5.41) is 0. The summed E-state index contributed by atoms with van der Waals surface area (Å²) >= 11 is 0. The van der Waals surface area contributed by atoms with Gasteiger partial charge in [0.05, 0.1) is 11.2 Å². The molecule has 0 aliphatic heterocycles. The van der Waals surface area contributed by atoms with Crippen LogP contribution < -0.4 is 10.5 Å². The van der Waals surface area contributed by atoms with Crippen molar-refractivity contribution in [3.8, 4) is 0 Å². The third-order valence-electron chi connectivity index (χ3n) is 2.82. The van der Waals surface area contributed by atoms with Crippen LogP contribution in [0.15, 0.2) is 46.0 Å². The normalized spacial score (nSPS) is 13.2. The number of pyridine rings is 1. The minimum absolute atomic E-state index is 0.120. The van der Waals surface area contributed by atoms with Crippen LogP contribution in [0.25, 0.3) is 0 Å². The lowest BCUT2D eigenvalue weighted by atomic mass is 10.2. The number of aromatic nitrogens is 1. The summed E-state index contributed by atoms with van der Waals surface area (Å²) in [4.78, 5) is 3.90. The van der Waals surface area contributed by atoms with E-state index in [4.69, 9.17) is 10.2 Å². The Hall–Kier alpha value is -1.86. The van der Waals surface area contributed by atoms with Crippen molar-refractivity contribution in [1.82, 2.24) is 9.71 Å². The van der Waals surface area contributed by atoms with Crippen molar-refractivity contribution in [2.45, 2.75) is 30.7 Å². The molecule has 0 bridgehead atoms. The third kappa shape index (κ3) is 3.82. The van der Waals surface area contributed by atoms with E-state index < -0.39 is 10.0 Å². The summed E-state index contributed by atoms with van der Waals surface area (Å²) < 4.78 is 32.1. The predicted molar refractivity (Wildman–Crippen MR) is 75.5 cm³/mol. The summed E-state index contributed by atoms with van der Waals surface area (Å²) in [7, 11) is -3.57. The van der Waals surface area contributed by atoms with Crippen LogP contribution in [-0.2, 0) is 16.4 Å². The van der Waals surface area contributed by atoms with Crippen LogP contribution in [0.5, 0.6) is 0 Å². The maximum atomic E-state index is 12.1. The van der Waals surface area contributed by atoms with Gasteiger partial charge in [0.15, 0.2) is 0 Å². The standard InChI is InChI=1S/C13H17N3O3S/c1-10(4-5-11-3-2-8-19-11)16-20(17,18)12-6-7-15-13(14)9-12/h2-3,6-10,16H,4-5H2,1H3,(H2,14,15). The molecule has 2 rings (SSSR count). The van der Waals surface area contributed by atoms with E-state index in [0.29, 0.717) is 12.8 Å². The second-order valence-corrected chi connectivity index (χ2v) is 6.27. The highest BCUT2D eigenvalue weighted by Gasteiger charge is 2.17. The van der Waals surface area contributed by atoms with Crippen LogP contribution in [0, 0.1) is 0 Å². The zero-order chi connectivity index (χ0) is 14.6. The van der Waals surface area contributed by atoms with E-state index in [1.54, 1.807) is 6.26 Å². The highest BCUT2D eigenvalue weighted by Crippen LogP contribution is 2.12. The molecular formula is C13H17N3O3S. The predicted octanol–water partition coefficient (Wildman–Crippen LogP) is 1.56. The molecule has 108 valence electrons. The second-order valence-electron chi connectivity index (χ2n) is 4.56. The molecule has 0 saturated carbocycles. The Bertz CT molecular complexity index is 653. The van der Waals surface area contributed by atoms with E-state index in [1.165, 1.54) is 18.3 Å². The Labute approximate surface area is 118 Å². The molecule has 1 atom stereocenters. The zero-order valence-corrected chi connectivity index (χ0v) is 11.9. The first-order valence-electron chi connectivity index (χ1n) is 6.23. The molecule has 0 aliphatic rings. The van der Waals surface area contributed by atoms with Gasteiger partial charge >= 0.3 is 0 Å². The van der Waals surface area contributed by atoms with Gasteiger partial charge in [0, 0.05) is 24.7 Å². The van der Waals surface area contributed by atoms with Crippen LogP contribution in [0.4, 0.5) is 5.82 Å². The van der Waals surface area contributed by atoms with Gasteiger partial charge < -0.3 is 10.2 Å². The Kier molecular flexibility index (Phi) is 4.41. The minimum Gasteiger partial charge on any atom is -0.469 e. The molecule has 0 fully saturated rings. The van der Waals surface area contributed by atoms with Crippen LogP contribution in [0.3, 0.4) is 0 Å². The monoisotopic (exact) mass is 295 g/mol. The maximum Gasteiger partial charge on any atom is 0.240 e. The molecule has 0 spiro atoms. The lowest BCUT2D eigenvalue weighted by Gasteiger charge is -2.13. The number of sulfonamides is 1. The molecule has 0 amide bonds. The Morgan fingerprint density at radius 1 is 1.45 bits per heavy atom. The third-order valence-corrected chi connectivity index (χ3v) is 4.41. The summed E-state index contributed by atoms with van der Waals surface area (Å²) in [6, 6.07) is 6.22. The number of nitrogens with one attached hydrogen (secondary N) is 1. The second kappa shape index (κ2) is 6.06. The SMILES string of the molecule is CC(CCc1ccco1)NS(=O)(=O)c1ccnc(N)c1. The van der Waals surface area contributed by atoms with Crippen LogP contribution in [0.2, 0.25) is 0 Å². The van der Waals surface area contributed by atoms with Gasteiger partial charge in [0.2, 0.25) is 10.0 Å². The summed E-state index contributed by atoms with van der Waals surface area (Å²) in [6.45, 7) is 1.81. The van der Waals surface area contributed by atoms with E-state index >= 15 is 0 Å². The van der Waals surface area contributed by atoms with E-state index in [9.17, 15) is 8.42 Å². The average Bonchev–Trinajstić information content (AvgIpc) is 2.89. The summed E-state index contributed by atoms with van der Waals surface area (Å²) in [5.74, 6) is 1.01. The maximum absolute atomic E-state index is 12.1. The molecule has 7 heteroatoms. The Morgan fingerprint density at radius 3 is 2.90 bits per heavy atom. The van der Waals surface area contributed by atoms with Gasteiger partial charge in [0.1, 0.15) is 11.6 Å². The molecule has 0 aliphatic carbocycles. The lowest BCUT2D eigenvalue weighted by molar-refractivity contribution is 0.480. The first-order valence-corrected chi connectivity index (χ1v) is 7.72. The number of hydrogen-bond donors (Lipinski definition) is 2. The Morgan fingerprint density at radius 2 is 2.25 bits per heavy atom. The van der Waals surface area contributed by atoms with Gasteiger partial charge in [-0.15, -0.1) is 0 Å². The van der Waals surface area contributed by atoms with Crippen molar-refractivity contribution in [3.63, 3.8) is 0 Å². The molecule has 2 aromatic heterocycles. The van der Waals surface area contributed by atoms with E-state index in [0.717, 1.165) is 5.76 Å². The van der Waals surface area contributed by atoms with Crippen molar-refractivity contribution >= 4 is 15.8 Å². The van der Waals surface area contributed by atoms with E-state index in [-0.39, 0.29) is 16.8 Å². The van der Waals surface area contributed by atoms with E-state index in [1.807, 2.05) is 19.1 Å². The highest BCUT2D eigenvalue weighted by atomic mass is 32.2. The largest absolute Gasteiger partial charge is 0.469 e. The average molecular weight is 295 g/mol. The summed E-state index contributed by atoms with van der Waals surface area (Å²) in [5.41, 5.74) is 5.49. The Balaban J connectivity index is 1.97. The topological polar surface area (TPSA) is 98.2 Å². The van der Waals surface area contributed by atoms with E-state index in [2.05, 4.69) is 9.71 Å². The molecular weight excluding hydrogens is 278 g/mol. The van der Waals surface area contributed by atoms with Gasteiger partial charge in [-0.05, 0) is 31.5 Å². The molecule has 2 heterocycles. The van der Waals surface area contributed by atoms with Gasteiger partial charge in [-0.1, -0.05) is 0 Å². The van der Waals surface area contributed by atoms with Gasteiger partial charge in [0.25, 0.3) is 0 Å². The molecule has 0 radical (unpaired) electrons. The number of nitrogens with zero attached hydrogens (tertiary/aromatic N) is 1. The highest BCUT2D eigenvalue weighted by molar-refractivity contribution is 7.89. The van der Waals surface area contributed by atoms with Crippen molar-refractivity contribution < 1.29 is 12.8 Å². The first-order chi connectivity index (χ1) is 9.47. The fraction of sp³-hybridized carbons (Fsp3) is 0.308. The molecule has 3 N–H and O–H groups in total. The summed E-state index contributed by atoms with van der Waals surface area (Å²) in [6.07, 6.45) is 4.30. The van der Waals surface area contributed by atoms with Crippen LogP contribution >= 0.6 is 0 Å². The van der Waals surface area contributed by atoms with Crippen LogP contribution in [-0.4, -0.2) is 19.4 Å². The van der Waals surface area contributed by atoms with Crippen molar-refractivity contribution in [3.05, 3.63) is 42.5 Å². The fourth-order valence-electron chi connectivity index (χ4n) is 1.80. The lowest BCUT2D eigenvalue weighted by Crippen LogP contribution is -2.33. The molecule has 6 nitrogen and oxygen atoms in total. The number of rotatable bonds is 6. The number of nitrogen functional groups attached to an aromatic ring is 1.